The Morgan fingerprint density at radius 3 is 2.44 bits per heavy atom. The van der Waals surface area contributed by atoms with Crippen molar-refractivity contribution in [1.82, 2.24) is 4.98 Å². The van der Waals surface area contributed by atoms with Gasteiger partial charge in [-0.15, -0.1) is 11.8 Å². The number of pyridine rings is 1. The summed E-state index contributed by atoms with van der Waals surface area (Å²) < 4.78 is 82.1. The SMILES string of the molecule is CCSC1(C(F)(F)F)c2cc(C)ccc2Sc2c1cc(C(=O)C(F)(F)F)c1cccnc21. The van der Waals surface area contributed by atoms with Crippen LogP contribution in [0.25, 0.3) is 10.9 Å². The van der Waals surface area contributed by atoms with Crippen LogP contribution in [-0.2, 0) is 4.75 Å². The first kappa shape index (κ1) is 23.0. The summed E-state index contributed by atoms with van der Waals surface area (Å²) in [5.74, 6) is -2.16. The van der Waals surface area contributed by atoms with Crippen molar-refractivity contribution in [1.29, 1.82) is 0 Å². The molecule has 0 radical (unpaired) electrons. The van der Waals surface area contributed by atoms with Crippen LogP contribution in [0.3, 0.4) is 0 Å². The summed E-state index contributed by atoms with van der Waals surface area (Å²) in [6.45, 7) is 3.20. The average molecular weight is 487 g/mol. The summed E-state index contributed by atoms with van der Waals surface area (Å²) in [6.07, 6.45) is -8.81. The van der Waals surface area contributed by atoms with Gasteiger partial charge in [-0.3, -0.25) is 9.78 Å². The summed E-state index contributed by atoms with van der Waals surface area (Å²) in [5.41, 5.74) is -0.738. The predicted octanol–water partition coefficient (Wildman–Crippen LogP) is 7.31. The second kappa shape index (κ2) is 7.69. The molecule has 0 bridgehead atoms. The molecule has 2 heterocycles. The van der Waals surface area contributed by atoms with E-state index in [0.29, 0.717) is 22.2 Å². The van der Waals surface area contributed by atoms with Gasteiger partial charge in [-0.1, -0.05) is 42.4 Å². The van der Waals surface area contributed by atoms with Gasteiger partial charge in [0.25, 0.3) is 5.78 Å². The minimum Gasteiger partial charge on any atom is -0.284 e. The highest BCUT2D eigenvalue weighted by Gasteiger charge is 2.61. The van der Waals surface area contributed by atoms with Crippen LogP contribution in [0.1, 0.15) is 34.0 Å². The zero-order chi connectivity index (χ0) is 23.5. The third-order valence-electron chi connectivity index (χ3n) is 5.21. The van der Waals surface area contributed by atoms with Crippen molar-refractivity contribution < 1.29 is 31.1 Å². The third-order valence-corrected chi connectivity index (χ3v) is 7.80. The quantitative estimate of drug-likeness (QED) is 0.286. The van der Waals surface area contributed by atoms with Gasteiger partial charge in [0.05, 0.1) is 5.52 Å². The van der Waals surface area contributed by atoms with Gasteiger partial charge in [-0.05, 0) is 42.0 Å². The van der Waals surface area contributed by atoms with Gasteiger partial charge < -0.3 is 0 Å². The standard InChI is InChI=1S/C22H15F6NOS2/c1-3-31-20(22(26,27)28)14-9-11(2)6-7-16(14)32-18-15(20)10-13(19(30)21(23,24)25)12-5-4-8-29-17(12)18/h4-10H,3H2,1-2H3. The lowest BCUT2D eigenvalue weighted by atomic mass is 9.85. The number of thioether (sulfide) groups is 1. The maximum atomic E-state index is 14.9. The number of hydrogen-bond donors (Lipinski definition) is 0. The Morgan fingerprint density at radius 1 is 1.09 bits per heavy atom. The van der Waals surface area contributed by atoms with Gasteiger partial charge in [0, 0.05) is 26.9 Å². The van der Waals surface area contributed by atoms with E-state index in [1.54, 1.807) is 26.0 Å². The third kappa shape index (κ3) is 3.39. The number of aromatic nitrogens is 1. The molecular weight excluding hydrogens is 472 g/mol. The van der Waals surface area contributed by atoms with Gasteiger partial charge in [0.15, 0.2) is 4.75 Å². The largest absolute Gasteiger partial charge is 0.454 e. The molecule has 3 aromatic rings. The molecule has 0 saturated carbocycles. The average Bonchev–Trinajstić information content (AvgIpc) is 2.71. The van der Waals surface area contributed by atoms with Crippen molar-refractivity contribution in [2.45, 2.75) is 40.7 Å². The molecule has 168 valence electrons. The molecule has 1 aromatic heterocycles. The highest BCUT2D eigenvalue weighted by molar-refractivity contribution is 8.01. The summed E-state index contributed by atoms with van der Waals surface area (Å²) in [4.78, 5) is 16.8. The summed E-state index contributed by atoms with van der Waals surface area (Å²) in [6, 6.07) is 8.07. The smallest absolute Gasteiger partial charge is 0.284 e. The molecule has 0 spiro atoms. The molecule has 1 atom stereocenters. The van der Waals surface area contributed by atoms with Crippen LogP contribution in [0.15, 0.2) is 52.4 Å². The second-order valence-corrected chi connectivity index (χ2v) is 9.77. The van der Waals surface area contributed by atoms with Crippen molar-refractivity contribution in [3.8, 4) is 0 Å². The number of nitrogens with zero attached hydrogens (tertiary/aromatic N) is 1. The zero-order valence-electron chi connectivity index (χ0n) is 16.7. The summed E-state index contributed by atoms with van der Waals surface area (Å²) >= 11 is 1.60. The molecular formula is C22H15F6NOS2. The number of halogens is 6. The molecule has 0 amide bonds. The molecule has 1 aliphatic heterocycles. The van der Waals surface area contributed by atoms with Crippen LogP contribution in [-0.4, -0.2) is 28.9 Å². The number of rotatable bonds is 3. The number of aryl methyl sites for hydroxylation is 1. The summed E-state index contributed by atoms with van der Waals surface area (Å²) in [5, 5.41) is -0.130. The number of carbonyl (C=O) groups excluding carboxylic acids is 1. The first-order valence-electron chi connectivity index (χ1n) is 9.45. The van der Waals surface area contributed by atoms with E-state index in [-0.39, 0.29) is 27.1 Å². The highest BCUT2D eigenvalue weighted by atomic mass is 32.2. The fourth-order valence-corrected chi connectivity index (χ4v) is 6.57. The van der Waals surface area contributed by atoms with E-state index in [4.69, 9.17) is 0 Å². The van der Waals surface area contributed by atoms with Crippen molar-refractivity contribution >= 4 is 40.2 Å². The second-order valence-electron chi connectivity index (χ2n) is 7.24. The molecule has 4 rings (SSSR count). The maximum Gasteiger partial charge on any atom is 0.454 e. The Kier molecular flexibility index (Phi) is 5.52. The number of alkyl halides is 6. The lowest BCUT2D eigenvalue weighted by Gasteiger charge is -2.41. The lowest BCUT2D eigenvalue weighted by Crippen LogP contribution is -2.43. The van der Waals surface area contributed by atoms with E-state index < -0.39 is 34.0 Å². The number of Topliss-reactive ketones (excluding diaryl/α,β-unsaturated/α-hetero) is 1. The Hall–Kier alpha value is -2.20. The fourth-order valence-electron chi connectivity index (χ4n) is 3.95. The first-order valence-corrected chi connectivity index (χ1v) is 11.3. The Balaban J connectivity index is 2.19. The monoisotopic (exact) mass is 487 g/mol. The first-order chi connectivity index (χ1) is 14.9. The molecule has 32 heavy (non-hydrogen) atoms. The van der Waals surface area contributed by atoms with Gasteiger partial charge in [-0.25, -0.2) is 0 Å². The fraction of sp³-hybridized carbons (Fsp3) is 0.273. The van der Waals surface area contributed by atoms with Gasteiger partial charge in [0.2, 0.25) is 0 Å². The van der Waals surface area contributed by atoms with E-state index in [1.165, 1.54) is 24.4 Å². The van der Waals surface area contributed by atoms with Crippen molar-refractivity contribution in [3.05, 3.63) is 64.8 Å². The van der Waals surface area contributed by atoms with E-state index in [2.05, 4.69) is 4.98 Å². The summed E-state index contributed by atoms with van der Waals surface area (Å²) in [7, 11) is 0. The normalized spacial score (nSPS) is 18.4. The Morgan fingerprint density at radius 2 is 1.81 bits per heavy atom. The molecule has 0 fully saturated rings. The van der Waals surface area contributed by atoms with Crippen LogP contribution in [0.4, 0.5) is 26.3 Å². The van der Waals surface area contributed by atoms with E-state index in [0.717, 1.165) is 17.8 Å². The van der Waals surface area contributed by atoms with Crippen LogP contribution >= 0.6 is 23.5 Å². The van der Waals surface area contributed by atoms with E-state index in [1.807, 2.05) is 0 Å². The Labute approximate surface area is 187 Å². The van der Waals surface area contributed by atoms with Crippen LogP contribution in [0.2, 0.25) is 0 Å². The molecule has 1 aliphatic rings. The number of hydrogen-bond acceptors (Lipinski definition) is 4. The molecule has 0 aliphatic carbocycles. The highest BCUT2D eigenvalue weighted by Crippen LogP contribution is 2.62. The van der Waals surface area contributed by atoms with E-state index >= 15 is 0 Å². The number of ketones is 1. The molecule has 2 aromatic carbocycles. The van der Waals surface area contributed by atoms with E-state index in [9.17, 15) is 31.1 Å². The van der Waals surface area contributed by atoms with Crippen molar-refractivity contribution in [2.75, 3.05) is 5.75 Å². The minimum absolute atomic E-state index is 0.0415. The Bertz CT molecular complexity index is 1240. The minimum atomic E-state index is -5.24. The van der Waals surface area contributed by atoms with Gasteiger partial charge in [0.1, 0.15) is 0 Å². The van der Waals surface area contributed by atoms with Crippen molar-refractivity contribution in [3.63, 3.8) is 0 Å². The van der Waals surface area contributed by atoms with Crippen LogP contribution < -0.4 is 0 Å². The van der Waals surface area contributed by atoms with Crippen LogP contribution in [0.5, 0.6) is 0 Å². The lowest BCUT2D eigenvalue weighted by molar-refractivity contribution is -0.153. The predicted molar refractivity (Wildman–Crippen MR) is 112 cm³/mol. The zero-order valence-corrected chi connectivity index (χ0v) is 18.3. The molecule has 0 saturated heterocycles. The number of benzene rings is 2. The topological polar surface area (TPSA) is 30.0 Å². The molecule has 2 nitrogen and oxygen atoms in total. The maximum absolute atomic E-state index is 14.9. The number of carbonyl (C=O) groups is 1. The number of fused-ring (bicyclic) bond motifs is 4. The molecule has 1 unspecified atom stereocenters. The van der Waals surface area contributed by atoms with Crippen molar-refractivity contribution in [2.24, 2.45) is 0 Å². The molecule has 10 heteroatoms. The van der Waals surface area contributed by atoms with Gasteiger partial charge in [-0.2, -0.15) is 26.3 Å². The molecule has 0 N–H and O–H groups in total. The van der Waals surface area contributed by atoms with Crippen LogP contribution in [0, 0.1) is 6.92 Å². The van der Waals surface area contributed by atoms with Gasteiger partial charge >= 0.3 is 12.4 Å².